The first kappa shape index (κ1) is 15.0. The van der Waals surface area contributed by atoms with Crippen molar-refractivity contribution in [3.63, 3.8) is 0 Å². The highest BCUT2D eigenvalue weighted by molar-refractivity contribution is 6.24. The Morgan fingerprint density at radius 1 is 1.30 bits per heavy atom. The van der Waals surface area contributed by atoms with Gasteiger partial charge >= 0.3 is 0 Å². The molecule has 118 valence electrons. The van der Waals surface area contributed by atoms with E-state index < -0.39 is 0 Å². The Labute approximate surface area is 133 Å². The lowest BCUT2D eigenvalue weighted by Gasteiger charge is -2.13. The summed E-state index contributed by atoms with van der Waals surface area (Å²) in [7, 11) is 3.14. The maximum Gasteiger partial charge on any atom is 0.230 e. The molecular formula is C17H16N2O4. The van der Waals surface area contributed by atoms with Crippen molar-refractivity contribution in [3.05, 3.63) is 58.9 Å². The Balaban J connectivity index is 2.02. The third kappa shape index (κ3) is 2.42. The van der Waals surface area contributed by atoms with Crippen LogP contribution in [0.1, 0.15) is 32.1 Å². The van der Waals surface area contributed by atoms with Crippen LogP contribution in [0.3, 0.4) is 0 Å². The number of rotatable bonds is 4. The van der Waals surface area contributed by atoms with Crippen LogP contribution in [-0.2, 0) is 18.4 Å². The lowest BCUT2D eigenvalue weighted by molar-refractivity contribution is 0.0912. The van der Waals surface area contributed by atoms with Crippen molar-refractivity contribution in [2.45, 2.75) is 13.5 Å². The van der Waals surface area contributed by atoms with E-state index in [1.807, 2.05) is 6.92 Å². The van der Waals surface area contributed by atoms with Gasteiger partial charge in [-0.3, -0.25) is 14.6 Å². The minimum absolute atomic E-state index is 0.0516. The van der Waals surface area contributed by atoms with Crippen LogP contribution in [0.15, 0.2) is 36.4 Å². The predicted molar refractivity (Wildman–Crippen MR) is 82.5 cm³/mol. The van der Waals surface area contributed by atoms with Gasteiger partial charge in [-0.05, 0) is 19.1 Å². The molecule has 0 bridgehead atoms. The number of fused-ring (bicyclic) bond motifs is 1. The number of Topliss-reactive ketones (excluding diaryl/α,β-unsaturated/α-hetero) is 1. The Morgan fingerprint density at radius 2 is 2.09 bits per heavy atom. The molecule has 0 aliphatic heterocycles. The van der Waals surface area contributed by atoms with Gasteiger partial charge in [-0.25, -0.2) is 0 Å². The second kappa shape index (κ2) is 5.72. The van der Waals surface area contributed by atoms with Gasteiger partial charge in [0.25, 0.3) is 0 Å². The molecule has 0 spiro atoms. The van der Waals surface area contributed by atoms with Crippen LogP contribution >= 0.6 is 0 Å². The normalized spacial score (nSPS) is 13.6. The SMILES string of the molecule is COC1=CC(=O)c2c(c(COc3cccnc3)c(C)n2C)C1=O. The molecule has 2 aromatic rings. The zero-order chi connectivity index (χ0) is 16.6. The minimum Gasteiger partial charge on any atom is -0.492 e. The fourth-order valence-electron chi connectivity index (χ4n) is 2.69. The van der Waals surface area contributed by atoms with Gasteiger partial charge in [0.1, 0.15) is 18.1 Å². The summed E-state index contributed by atoms with van der Waals surface area (Å²) in [5.74, 6) is 0.114. The summed E-state index contributed by atoms with van der Waals surface area (Å²) in [5.41, 5.74) is 2.23. The Morgan fingerprint density at radius 3 is 2.74 bits per heavy atom. The molecule has 0 saturated heterocycles. The lowest BCUT2D eigenvalue weighted by Crippen LogP contribution is -2.20. The number of ether oxygens (including phenoxy) is 2. The molecule has 1 aliphatic rings. The zero-order valence-electron chi connectivity index (χ0n) is 13.1. The average molecular weight is 312 g/mol. The van der Waals surface area contributed by atoms with Crippen LogP contribution in [0.4, 0.5) is 0 Å². The summed E-state index contributed by atoms with van der Waals surface area (Å²) in [6.45, 7) is 2.03. The summed E-state index contributed by atoms with van der Waals surface area (Å²) in [6, 6.07) is 3.55. The van der Waals surface area contributed by atoms with E-state index >= 15 is 0 Å². The first-order valence-corrected chi connectivity index (χ1v) is 7.10. The highest BCUT2D eigenvalue weighted by Crippen LogP contribution is 2.30. The van der Waals surface area contributed by atoms with E-state index in [0.717, 1.165) is 5.69 Å². The molecule has 1 aliphatic carbocycles. The number of carbonyl (C=O) groups excluding carboxylic acids is 2. The van der Waals surface area contributed by atoms with Crippen molar-refractivity contribution in [2.24, 2.45) is 7.05 Å². The van der Waals surface area contributed by atoms with E-state index in [2.05, 4.69) is 4.98 Å². The van der Waals surface area contributed by atoms with E-state index in [1.54, 1.807) is 36.1 Å². The topological polar surface area (TPSA) is 70.4 Å². The third-order valence-corrected chi connectivity index (χ3v) is 4.00. The monoisotopic (exact) mass is 312 g/mol. The van der Waals surface area contributed by atoms with Crippen LogP contribution in [0, 0.1) is 6.92 Å². The van der Waals surface area contributed by atoms with Crippen molar-refractivity contribution < 1.29 is 19.1 Å². The quantitative estimate of drug-likeness (QED) is 0.865. The van der Waals surface area contributed by atoms with E-state index in [1.165, 1.54) is 13.2 Å². The summed E-state index contributed by atoms with van der Waals surface area (Å²) in [4.78, 5) is 28.8. The second-order valence-corrected chi connectivity index (χ2v) is 5.23. The second-order valence-electron chi connectivity index (χ2n) is 5.23. The highest BCUT2D eigenvalue weighted by Gasteiger charge is 2.34. The van der Waals surface area contributed by atoms with Crippen molar-refractivity contribution in [3.8, 4) is 5.75 Å². The Bertz CT molecular complexity index is 819. The first-order valence-electron chi connectivity index (χ1n) is 7.10. The maximum absolute atomic E-state index is 12.6. The van der Waals surface area contributed by atoms with Gasteiger partial charge in [-0.2, -0.15) is 0 Å². The first-order chi connectivity index (χ1) is 11.0. The smallest absolute Gasteiger partial charge is 0.230 e. The van der Waals surface area contributed by atoms with Gasteiger partial charge in [-0.15, -0.1) is 0 Å². The summed E-state index contributed by atoms with van der Waals surface area (Å²) in [5, 5.41) is 0. The van der Waals surface area contributed by atoms with Crippen LogP contribution in [0.5, 0.6) is 5.75 Å². The fraction of sp³-hybridized carbons (Fsp3) is 0.235. The molecule has 23 heavy (non-hydrogen) atoms. The molecule has 0 atom stereocenters. The van der Waals surface area contributed by atoms with E-state index in [9.17, 15) is 9.59 Å². The summed E-state index contributed by atoms with van der Waals surface area (Å²) < 4.78 is 12.5. The van der Waals surface area contributed by atoms with Crippen LogP contribution < -0.4 is 4.74 Å². The van der Waals surface area contributed by atoms with Gasteiger partial charge in [0.2, 0.25) is 11.6 Å². The average Bonchev–Trinajstić information content (AvgIpc) is 2.82. The molecule has 0 amide bonds. The summed E-state index contributed by atoms with van der Waals surface area (Å²) in [6.07, 6.45) is 4.48. The van der Waals surface area contributed by atoms with Crippen LogP contribution in [0.2, 0.25) is 0 Å². The standard InChI is InChI=1S/C17H16N2O4/c1-10-12(9-23-11-5-4-6-18-8-11)15-16(19(10)2)13(20)7-14(22-3)17(15)21/h4-8H,9H2,1-3H3. The molecule has 3 rings (SSSR count). The molecule has 0 N–H and O–H groups in total. The predicted octanol–water partition coefficient (Wildman–Crippen LogP) is 2.22. The van der Waals surface area contributed by atoms with Crippen molar-refractivity contribution in [1.82, 2.24) is 9.55 Å². The van der Waals surface area contributed by atoms with E-state index in [4.69, 9.17) is 9.47 Å². The molecule has 2 heterocycles. The van der Waals surface area contributed by atoms with Gasteiger partial charge in [0.05, 0.1) is 18.9 Å². The van der Waals surface area contributed by atoms with Crippen molar-refractivity contribution in [1.29, 1.82) is 0 Å². The number of allylic oxidation sites excluding steroid dienone is 2. The number of carbonyl (C=O) groups is 2. The third-order valence-electron chi connectivity index (χ3n) is 4.00. The molecule has 0 unspecified atom stereocenters. The number of methoxy groups -OCH3 is 1. The fourth-order valence-corrected chi connectivity index (χ4v) is 2.69. The van der Waals surface area contributed by atoms with E-state index in [0.29, 0.717) is 22.6 Å². The van der Waals surface area contributed by atoms with E-state index in [-0.39, 0.29) is 23.9 Å². The van der Waals surface area contributed by atoms with Crippen LogP contribution in [-0.4, -0.2) is 28.2 Å². The van der Waals surface area contributed by atoms with Crippen molar-refractivity contribution in [2.75, 3.05) is 7.11 Å². The lowest BCUT2D eigenvalue weighted by atomic mass is 9.96. The molecule has 6 heteroatoms. The molecule has 6 nitrogen and oxygen atoms in total. The number of hydrogen-bond acceptors (Lipinski definition) is 5. The Hall–Kier alpha value is -2.89. The molecule has 0 radical (unpaired) electrons. The Kier molecular flexibility index (Phi) is 3.73. The van der Waals surface area contributed by atoms with Gasteiger partial charge in [0, 0.05) is 30.6 Å². The van der Waals surface area contributed by atoms with Crippen molar-refractivity contribution >= 4 is 11.6 Å². The number of ketones is 2. The number of hydrogen-bond donors (Lipinski definition) is 0. The molecule has 2 aromatic heterocycles. The van der Waals surface area contributed by atoms with Gasteiger partial charge in [0.15, 0.2) is 5.76 Å². The number of nitrogens with zero attached hydrogens (tertiary/aromatic N) is 2. The largest absolute Gasteiger partial charge is 0.492 e. The summed E-state index contributed by atoms with van der Waals surface area (Å²) >= 11 is 0. The molecule has 0 saturated carbocycles. The zero-order valence-corrected chi connectivity index (χ0v) is 13.1. The van der Waals surface area contributed by atoms with Gasteiger partial charge in [-0.1, -0.05) is 0 Å². The molecule has 0 fully saturated rings. The van der Waals surface area contributed by atoms with Gasteiger partial charge < -0.3 is 14.0 Å². The highest BCUT2D eigenvalue weighted by atomic mass is 16.5. The minimum atomic E-state index is -0.296. The number of pyridine rings is 1. The maximum atomic E-state index is 12.6. The number of aromatic nitrogens is 2. The molecule has 0 aromatic carbocycles. The van der Waals surface area contributed by atoms with Crippen LogP contribution in [0.25, 0.3) is 0 Å². The molecular weight excluding hydrogens is 296 g/mol.